The van der Waals surface area contributed by atoms with Gasteiger partial charge in [-0.2, -0.15) is 0 Å². The van der Waals surface area contributed by atoms with E-state index in [1.165, 1.54) is 13.2 Å². The molecule has 0 aromatic carbocycles. The summed E-state index contributed by atoms with van der Waals surface area (Å²) < 4.78 is 4.42. The minimum atomic E-state index is -0.331. The topological polar surface area (TPSA) is 26.3 Å². The highest BCUT2D eigenvalue weighted by atomic mass is 16.5. The number of hydrogen-bond acceptors (Lipinski definition) is 2. The molecular weight excluding hydrogens is 164 g/mol. The second-order valence-electron chi connectivity index (χ2n) is 2.48. The van der Waals surface area contributed by atoms with Gasteiger partial charge in [0.25, 0.3) is 0 Å². The van der Waals surface area contributed by atoms with Crippen molar-refractivity contribution in [2.24, 2.45) is 0 Å². The summed E-state index contributed by atoms with van der Waals surface area (Å²) in [5.74, 6) is -0.331. The molecule has 0 atom stereocenters. The van der Waals surface area contributed by atoms with E-state index in [1.54, 1.807) is 12.2 Å². The number of esters is 1. The van der Waals surface area contributed by atoms with E-state index in [-0.39, 0.29) is 5.97 Å². The summed E-state index contributed by atoms with van der Waals surface area (Å²) in [6.07, 6.45) is 13.0. The summed E-state index contributed by atoms with van der Waals surface area (Å²) in [6.45, 7) is 2.13. The first-order chi connectivity index (χ1) is 6.31. The van der Waals surface area contributed by atoms with Crippen LogP contribution in [-0.4, -0.2) is 13.1 Å². The smallest absolute Gasteiger partial charge is 0.330 e. The van der Waals surface area contributed by atoms with Gasteiger partial charge in [-0.25, -0.2) is 4.79 Å². The molecule has 2 heteroatoms. The van der Waals surface area contributed by atoms with Gasteiger partial charge >= 0.3 is 5.97 Å². The predicted molar refractivity (Wildman–Crippen MR) is 54.3 cm³/mol. The molecule has 0 N–H and O–H groups in total. The molecule has 0 rings (SSSR count). The van der Waals surface area contributed by atoms with Gasteiger partial charge in [-0.3, -0.25) is 0 Å². The van der Waals surface area contributed by atoms with Crippen LogP contribution >= 0.6 is 0 Å². The van der Waals surface area contributed by atoms with E-state index in [4.69, 9.17) is 0 Å². The first-order valence-electron chi connectivity index (χ1n) is 4.39. The second kappa shape index (κ2) is 8.78. The lowest BCUT2D eigenvalue weighted by Crippen LogP contribution is -1.92. The minimum Gasteiger partial charge on any atom is -0.466 e. The van der Waals surface area contributed by atoms with Crippen LogP contribution < -0.4 is 0 Å². The van der Waals surface area contributed by atoms with E-state index < -0.39 is 0 Å². The molecule has 0 bridgehead atoms. The third-order valence-corrected chi connectivity index (χ3v) is 1.36. The molecule has 0 aliphatic carbocycles. The predicted octanol–water partition coefficient (Wildman–Crippen LogP) is 2.63. The Morgan fingerprint density at radius 2 is 1.92 bits per heavy atom. The third kappa shape index (κ3) is 8.60. The number of ether oxygens (including phenoxy) is 1. The molecule has 0 amide bonds. The van der Waals surface area contributed by atoms with Crippen LogP contribution in [0.1, 0.15) is 19.8 Å². The fraction of sp³-hybridized carbons (Fsp3) is 0.364. The van der Waals surface area contributed by atoms with Crippen LogP contribution in [0.15, 0.2) is 36.5 Å². The van der Waals surface area contributed by atoms with E-state index in [9.17, 15) is 4.79 Å². The highest BCUT2D eigenvalue weighted by Crippen LogP contribution is 1.89. The van der Waals surface area contributed by atoms with Crippen molar-refractivity contribution >= 4 is 5.97 Å². The number of rotatable bonds is 5. The maximum absolute atomic E-state index is 10.6. The molecule has 2 nitrogen and oxygen atoms in total. The Labute approximate surface area is 79.6 Å². The Bertz CT molecular complexity index is 212. The number of carbonyl (C=O) groups excluding carboxylic acids is 1. The molecule has 0 aliphatic rings. The van der Waals surface area contributed by atoms with Crippen LogP contribution in [0, 0.1) is 0 Å². The molecule has 0 radical (unpaired) electrons. The molecule has 0 heterocycles. The fourth-order valence-corrected chi connectivity index (χ4v) is 0.672. The average molecular weight is 180 g/mol. The first-order valence-corrected chi connectivity index (χ1v) is 4.39. The van der Waals surface area contributed by atoms with Crippen LogP contribution in [0.5, 0.6) is 0 Å². The number of allylic oxidation sites excluding steroid dienone is 5. The molecule has 0 saturated carbocycles. The SMILES string of the molecule is CCC/C=C/C=C/C=C\C(=O)OC. The summed E-state index contributed by atoms with van der Waals surface area (Å²) >= 11 is 0. The van der Waals surface area contributed by atoms with E-state index in [0.29, 0.717) is 0 Å². The van der Waals surface area contributed by atoms with Crippen molar-refractivity contribution < 1.29 is 9.53 Å². The molecule has 0 saturated heterocycles. The van der Waals surface area contributed by atoms with Gasteiger partial charge in [0.05, 0.1) is 7.11 Å². The van der Waals surface area contributed by atoms with Crippen molar-refractivity contribution in [3.63, 3.8) is 0 Å². The van der Waals surface area contributed by atoms with Crippen molar-refractivity contribution in [3.8, 4) is 0 Å². The monoisotopic (exact) mass is 180 g/mol. The Morgan fingerprint density at radius 1 is 1.23 bits per heavy atom. The molecule has 72 valence electrons. The van der Waals surface area contributed by atoms with Gasteiger partial charge in [-0.15, -0.1) is 0 Å². The summed E-state index contributed by atoms with van der Waals surface area (Å²) in [6, 6.07) is 0. The van der Waals surface area contributed by atoms with Gasteiger partial charge in [0.2, 0.25) is 0 Å². The van der Waals surface area contributed by atoms with Crippen LogP contribution in [0.25, 0.3) is 0 Å². The van der Waals surface area contributed by atoms with Crippen LogP contribution in [0.4, 0.5) is 0 Å². The number of methoxy groups -OCH3 is 1. The molecule has 0 fully saturated rings. The lowest BCUT2D eigenvalue weighted by molar-refractivity contribution is -0.134. The third-order valence-electron chi connectivity index (χ3n) is 1.36. The lowest BCUT2D eigenvalue weighted by Gasteiger charge is -1.85. The van der Waals surface area contributed by atoms with Crippen molar-refractivity contribution in [2.45, 2.75) is 19.8 Å². The zero-order valence-corrected chi connectivity index (χ0v) is 8.19. The Kier molecular flexibility index (Phi) is 7.90. The van der Waals surface area contributed by atoms with E-state index in [0.717, 1.165) is 12.8 Å². The van der Waals surface area contributed by atoms with Crippen molar-refractivity contribution in [1.29, 1.82) is 0 Å². The molecular formula is C11H16O2. The second-order valence-corrected chi connectivity index (χ2v) is 2.48. The quantitative estimate of drug-likeness (QED) is 0.369. The largest absolute Gasteiger partial charge is 0.466 e. The summed E-state index contributed by atoms with van der Waals surface area (Å²) in [4.78, 5) is 10.6. The normalized spacial score (nSPS) is 11.8. The zero-order chi connectivity index (χ0) is 9.94. The molecule has 13 heavy (non-hydrogen) atoms. The summed E-state index contributed by atoms with van der Waals surface area (Å²) in [5.41, 5.74) is 0. The molecule has 0 unspecified atom stereocenters. The lowest BCUT2D eigenvalue weighted by atomic mass is 10.3. The molecule has 0 aromatic heterocycles. The van der Waals surface area contributed by atoms with Crippen LogP contribution in [0.2, 0.25) is 0 Å². The van der Waals surface area contributed by atoms with Gasteiger partial charge < -0.3 is 4.74 Å². The van der Waals surface area contributed by atoms with E-state index >= 15 is 0 Å². The highest BCUT2D eigenvalue weighted by molar-refractivity contribution is 5.82. The van der Waals surface area contributed by atoms with Crippen LogP contribution in [-0.2, 0) is 9.53 Å². The summed E-state index contributed by atoms with van der Waals surface area (Å²) in [5, 5.41) is 0. The standard InChI is InChI=1S/C11H16O2/c1-3-4-5-6-7-8-9-10-11(12)13-2/h5-10H,3-4H2,1-2H3/b6-5+,8-7+,10-9-. The number of carbonyl (C=O) groups is 1. The maximum Gasteiger partial charge on any atom is 0.330 e. The number of hydrogen-bond donors (Lipinski definition) is 0. The van der Waals surface area contributed by atoms with Crippen molar-refractivity contribution in [3.05, 3.63) is 36.5 Å². The number of unbranched alkanes of at least 4 members (excludes halogenated alkanes) is 1. The van der Waals surface area contributed by atoms with Gasteiger partial charge in [0, 0.05) is 6.08 Å². The van der Waals surface area contributed by atoms with Gasteiger partial charge in [0.15, 0.2) is 0 Å². The van der Waals surface area contributed by atoms with E-state index in [1.807, 2.05) is 12.2 Å². The van der Waals surface area contributed by atoms with Crippen molar-refractivity contribution in [1.82, 2.24) is 0 Å². The Morgan fingerprint density at radius 3 is 2.54 bits per heavy atom. The van der Waals surface area contributed by atoms with Gasteiger partial charge in [0.1, 0.15) is 0 Å². The van der Waals surface area contributed by atoms with Gasteiger partial charge in [-0.1, -0.05) is 43.7 Å². The maximum atomic E-state index is 10.6. The average Bonchev–Trinajstić information content (AvgIpc) is 2.16. The molecule has 0 aromatic rings. The van der Waals surface area contributed by atoms with Crippen LogP contribution in [0.3, 0.4) is 0 Å². The first kappa shape index (κ1) is 11.7. The summed E-state index contributed by atoms with van der Waals surface area (Å²) in [7, 11) is 1.36. The van der Waals surface area contributed by atoms with E-state index in [2.05, 4.69) is 17.7 Å². The molecule has 0 spiro atoms. The van der Waals surface area contributed by atoms with Crippen molar-refractivity contribution in [2.75, 3.05) is 7.11 Å². The minimum absolute atomic E-state index is 0.331. The Balaban J connectivity index is 3.62. The fourth-order valence-electron chi connectivity index (χ4n) is 0.672. The van der Waals surface area contributed by atoms with Gasteiger partial charge in [-0.05, 0) is 6.42 Å². The Hall–Kier alpha value is -1.31. The molecule has 0 aliphatic heterocycles. The highest BCUT2D eigenvalue weighted by Gasteiger charge is 1.85. The zero-order valence-electron chi connectivity index (χ0n) is 8.19.